The molecule has 0 aliphatic carbocycles. The first-order valence-corrected chi connectivity index (χ1v) is 9.55. The molecule has 0 atom stereocenters. The number of anilines is 1. The van der Waals surface area contributed by atoms with E-state index in [0.717, 1.165) is 16.6 Å². The molecule has 0 spiro atoms. The van der Waals surface area contributed by atoms with Gasteiger partial charge in [-0.15, -0.1) is 0 Å². The van der Waals surface area contributed by atoms with Crippen LogP contribution in [-0.4, -0.2) is 24.1 Å². The minimum Gasteiger partial charge on any atom is -0.462 e. The highest BCUT2D eigenvalue weighted by molar-refractivity contribution is 6.45. The monoisotopic (exact) mass is 402 g/mol. The first kappa shape index (κ1) is 19.5. The van der Waals surface area contributed by atoms with E-state index in [2.05, 4.69) is 22.0 Å². The molecule has 140 valence electrons. The number of hydrogen-bond donors (Lipinski definition) is 0. The molecule has 0 fully saturated rings. The van der Waals surface area contributed by atoms with Crippen molar-refractivity contribution in [3.05, 3.63) is 69.8 Å². The lowest BCUT2D eigenvalue weighted by molar-refractivity contribution is 0.0527. The number of hydrogen-bond acceptors (Lipinski definition) is 4. The van der Waals surface area contributed by atoms with Gasteiger partial charge in [-0.05, 0) is 31.5 Å². The molecular formula is C21H20Cl2N2O2. The fraction of sp³-hybridized carbons (Fsp3) is 0.238. The van der Waals surface area contributed by atoms with E-state index in [9.17, 15) is 4.79 Å². The predicted molar refractivity (Wildman–Crippen MR) is 111 cm³/mol. The van der Waals surface area contributed by atoms with E-state index in [1.807, 2.05) is 31.2 Å². The Kier molecular flexibility index (Phi) is 6.19. The summed E-state index contributed by atoms with van der Waals surface area (Å²) in [6, 6.07) is 13.7. The summed E-state index contributed by atoms with van der Waals surface area (Å²) in [4.78, 5) is 19.1. The SMILES string of the molecule is CCOC(=O)c1cnc2c(Cl)c(Cl)ccc2c1N(CC)Cc1ccccc1. The van der Waals surface area contributed by atoms with Gasteiger partial charge in [0.2, 0.25) is 0 Å². The summed E-state index contributed by atoms with van der Waals surface area (Å²) in [6.07, 6.45) is 1.52. The van der Waals surface area contributed by atoms with Crippen molar-refractivity contribution < 1.29 is 9.53 Å². The van der Waals surface area contributed by atoms with Crippen LogP contribution in [0.3, 0.4) is 0 Å². The first-order chi connectivity index (χ1) is 13.1. The topological polar surface area (TPSA) is 42.4 Å². The van der Waals surface area contributed by atoms with E-state index in [0.29, 0.717) is 40.8 Å². The maximum Gasteiger partial charge on any atom is 0.341 e. The number of ether oxygens (including phenoxy) is 1. The summed E-state index contributed by atoms with van der Waals surface area (Å²) >= 11 is 12.5. The predicted octanol–water partition coefficient (Wildman–Crippen LogP) is 5.74. The number of carbonyl (C=O) groups excluding carboxylic acids is 1. The van der Waals surface area contributed by atoms with Gasteiger partial charge in [0.15, 0.2) is 0 Å². The summed E-state index contributed by atoms with van der Waals surface area (Å²) in [5.74, 6) is -0.403. The van der Waals surface area contributed by atoms with Crippen molar-refractivity contribution in [3.8, 4) is 0 Å². The first-order valence-electron chi connectivity index (χ1n) is 8.79. The molecule has 1 heterocycles. The van der Waals surface area contributed by atoms with Crippen LogP contribution in [0, 0.1) is 0 Å². The van der Waals surface area contributed by atoms with Crippen LogP contribution in [0.15, 0.2) is 48.7 Å². The Hall–Kier alpha value is -2.30. The van der Waals surface area contributed by atoms with Gasteiger partial charge in [-0.3, -0.25) is 4.98 Å². The minimum absolute atomic E-state index is 0.294. The molecule has 3 rings (SSSR count). The smallest absolute Gasteiger partial charge is 0.341 e. The highest BCUT2D eigenvalue weighted by atomic mass is 35.5. The standard InChI is InChI=1S/C21H20Cl2N2O2/c1-3-25(13-14-8-6-5-7-9-14)20-15-10-11-17(22)18(23)19(15)24-12-16(20)21(26)27-4-2/h5-12H,3-4,13H2,1-2H3. The molecule has 1 aromatic heterocycles. The van der Waals surface area contributed by atoms with Crippen molar-refractivity contribution in [1.29, 1.82) is 0 Å². The Morgan fingerprint density at radius 1 is 1.11 bits per heavy atom. The second-order valence-corrected chi connectivity index (χ2v) is 6.78. The van der Waals surface area contributed by atoms with Crippen LogP contribution in [0.25, 0.3) is 10.9 Å². The lowest BCUT2D eigenvalue weighted by Gasteiger charge is -2.27. The van der Waals surface area contributed by atoms with Crippen LogP contribution in [0.2, 0.25) is 10.0 Å². The summed E-state index contributed by atoms with van der Waals surface area (Å²) < 4.78 is 5.25. The highest BCUT2D eigenvalue weighted by Crippen LogP contribution is 2.37. The zero-order chi connectivity index (χ0) is 19.4. The quantitative estimate of drug-likeness (QED) is 0.492. The zero-order valence-corrected chi connectivity index (χ0v) is 16.7. The summed E-state index contributed by atoms with van der Waals surface area (Å²) in [5, 5.41) is 1.58. The molecule has 2 aromatic carbocycles. The maximum atomic E-state index is 12.6. The Morgan fingerprint density at radius 2 is 1.85 bits per heavy atom. The van der Waals surface area contributed by atoms with Crippen LogP contribution >= 0.6 is 23.2 Å². The van der Waals surface area contributed by atoms with Crippen LogP contribution < -0.4 is 4.90 Å². The van der Waals surface area contributed by atoms with E-state index in [1.165, 1.54) is 6.20 Å². The molecule has 0 saturated carbocycles. The van der Waals surface area contributed by atoms with Gasteiger partial charge in [-0.25, -0.2) is 4.79 Å². The molecule has 4 nitrogen and oxygen atoms in total. The van der Waals surface area contributed by atoms with E-state index >= 15 is 0 Å². The van der Waals surface area contributed by atoms with Gasteiger partial charge in [0.1, 0.15) is 5.56 Å². The Bertz CT molecular complexity index is 961. The third-order valence-corrected chi connectivity index (χ3v) is 5.11. The molecule has 0 aliphatic heterocycles. The lowest BCUT2D eigenvalue weighted by Crippen LogP contribution is -2.25. The Labute approximate surface area is 168 Å². The maximum absolute atomic E-state index is 12.6. The van der Waals surface area contributed by atoms with Gasteiger partial charge >= 0.3 is 5.97 Å². The van der Waals surface area contributed by atoms with Gasteiger partial charge in [0.25, 0.3) is 0 Å². The molecule has 0 saturated heterocycles. The number of carbonyl (C=O) groups is 1. The second-order valence-electron chi connectivity index (χ2n) is 6.00. The second kappa shape index (κ2) is 8.59. The molecular weight excluding hydrogens is 383 g/mol. The van der Waals surface area contributed by atoms with Gasteiger partial charge in [-0.1, -0.05) is 53.5 Å². The number of pyridine rings is 1. The Balaban J connectivity index is 2.20. The molecule has 0 radical (unpaired) electrons. The number of rotatable bonds is 6. The van der Waals surface area contributed by atoms with E-state index < -0.39 is 5.97 Å². The Morgan fingerprint density at radius 3 is 2.52 bits per heavy atom. The van der Waals surface area contributed by atoms with Gasteiger partial charge in [0, 0.05) is 24.7 Å². The number of benzene rings is 2. The summed E-state index contributed by atoms with van der Waals surface area (Å²) in [7, 11) is 0. The molecule has 3 aromatic rings. The molecule has 0 amide bonds. The number of nitrogens with zero attached hydrogens (tertiary/aromatic N) is 2. The third kappa shape index (κ3) is 4.02. The zero-order valence-electron chi connectivity index (χ0n) is 15.2. The van der Waals surface area contributed by atoms with Crippen LogP contribution in [0.1, 0.15) is 29.8 Å². The largest absolute Gasteiger partial charge is 0.462 e. The number of fused-ring (bicyclic) bond motifs is 1. The molecule has 0 aliphatic rings. The van der Waals surface area contributed by atoms with E-state index in [-0.39, 0.29) is 0 Å². The van der Waals surface area contributed by atoms with Crippen molar-refractivity contribution in [2.24, 2.45) is 0 Å². The number of esters is 1. The number of aromatic nitrogens is 1. The van der Waals surface area contributed by atoms with Crippen molar-refractivity contribution in [3.63, 3.8) is 0 Å². The van der Waals surface area contributed by atoms with Crippen molar-refractivity contribution >= 4 is 45.8 Å². The average Bonchev–Trinajstić information content (AvgIpc) is 2.69. The van der Waals surface area contributed by atoms with Crippen LogP contribution in [0.4, 0.5) is 5.69 Å². The molecule has 0 N–H and O–H groups in total. The lowest BCUT2D eigenvalue weighted by atomic mass is 10.1. The van der Waals surface area contributed by atoms with Crippen molar-refractivity contribution in [1.82, 2.24) is 4.98 Å². The van der Waals surface area contributed by atoms with Crippen LogP contribution in [0.5, 0.6) is 0 Å². The van der Waals surface area contributed by atoms with Gasteiger partial charge in [0.05, 0.1) is 27.9 Å². The van der Waals surface area contributed by atoms with E-state index in [1.54, 1.807) is 13.0 Å². The van der Waals surface area contributed by atoms with Crippen molar-refractivity contribution in [2.75, 3.05) is 18.1 Å². The number of halogens is 2. The molecule has 0 unspecified atom stereocenters. The fourth-order valence-corrected chi connectivity index (χ4v) is 3.41. The molecule has 0 bridgehead atoms. The van der Waals surface area contributed by atoms with Crippen molar-refractivity contribution in [2.45, 2.75) is 20.4 Å². The summed E-state index contributed by atoms with van der Waals surface area (Å²) in [5.41, 5.74) is 2.88. The normalized spacial score (nSPS) is 10.8. The van der Waals surface area contributed by atoms with Gasteiger partial charge in [-0.2, -0.15) is 0 Å². The molecule has 6 heteroatoms. The van der Waals surface area contributed by atoms with Gasteiger partial charge < -0.3 is 9.64 Å². The highest BCUT2D eigenvalue weighted by Gasteiger charge is 2.22. The van der Waals surface area contributed by atoms with E-state index in [4.69, 9.17) is 27.9 Å². The fourth-order valence-electron chi connectivity index (χ4n) is 3.04. The summed E-state index contributed by atoms with van der Waals surface area (Å²) in [6.45, 7) is 5.46. The van der Waals surface area contributed by atoms with Crippen LogP contribution in [-0.2, 0) is 11.3 Å². The minimum atomic E-state index is -0.403. The third-order valence-electron chi connectivity index (χ3n) is 4.31. The average molecular weight is 403 g/mol. The molecule has 27 heavy (non-hydrogen) atoms.